The van der Waals surface area contributed by atoms with Crippen molar-refractivity contribution in [2.45, 2.75) is 299 Å². The molecule has 0 aliphatic rings. The molecule has 0 N–H and O–H groups in total. The van der Waals surface area contributed by atoms with Crippen molar-refractivity contribution in [2.24, 2.45) is 0 Å². The van der Waals surface area contributed by atoms with E-state index in [4.69, 9.17) is 18.9 Å². The van der Waals surface area contributed by atoms with Crippen LogP contribution in [0.2, 0.25) is 0 Å². The number of aryl methyl sites for hydroxylation is 9. The lowest BCUT2D eigenvalue weighted by molar-refractivity contribution is 0.407. The fourth-order valence-electron chi connectivity index (χ4n) is 14.4. The molecular weight excluding hydrogens is 1540 g/mol. The molecule has 678 valence electrons. The molecule has 0 fully saturated rings. The fourth-order valence-corrected chi connectivity index (χ4v) is 14.4. The van der Waals surface area contributed by atoms with Gasteiger partial charge < -0.3 is 18.9 Å². The normalized spacial score (nSPS) is 10.5. The lowest BCUT2D eigenvalue weighted by Gasteiger charge is -2.14. The summed E-state index contributed by atoms with van der Waals surface area (Å²) in [5, 5.41) is 0. The topological polar surface area (TPSA) is 36.9 Å². The predicted octanol–water partition coefficient (Wildman–Crippen LogP) is 35.2. The van der Waals surface area contributed by atoms with E-state index < -0.39 is 40.3 Å². The number of halogens is 5. The van der Waals surface area contributed by atoms with Crippen molar-refractivity contribution >= 4 is 0 Å². The first-order valence-corrected chi connectivity index (χ1v) is 44.8. The van der Waals surface area contributed by atoms with Gasteiger partial charge >= 0.3 is 0 Å². The Bertz CT molecular complexity index is 4550. The zero-order chi connectivity index (χ0) is 94.4. The summed E-state index contributed by atoms with van der Waals surface area (Å²) in [6.45, 7) is 67.2. The van der Waals surface area contributed by atoms with Crippen LogP contribution in [-0.2, 0) is 12.8 Å². The van der Waals surface area contributed by atoms with Crippen LogP contribution in [0.4, 0.5) is 22.0 Å². The number of hydrogen-bond donors (Lipinski definition) is 0. The van der Waals surface area contributed by atoms with Gasteiger partial charge in [-0.15, -0.1) is 0 Å². The van der Waals surface area contributed by atoms with Crippen molar-refractivity contribution < 1.29 is 40.9 Å². The van der Waals surface area contributed by atoms with Crippen LogP contribution in [0.25, 0.3) is 0 Å². The number of hydrogen-bond acceptors (Lipinski definition) is 4. The van der Waals surface area contributed by atoms with E-state index in [0.717, 1.165) is 53.9 Å². The lowest BCUT2D eigenvalue weighted by Crippen LogP contribution is -2.07. The average molecular weight is 1700 g/mol. The van der Waals surface area contributed by atoms with E-state index in [0.29, 0.717) is 53.3 Å². The summed E-state index contributed by atoms with van der Waals surface area (Å²) in [6, 6.07) is 75.0. The Balaban J connectivity index is 0.000000683. The van der Waals surface area contributed by atoms with E-state index >= 15 is 0 Å². The lowest BCUT2D eigenvalue weighted by atomic mass is 9.92. The molecule has 0 heterocycles. The van der Waals surface area contributed by atoms with Crippen LogP contribution in [0.3, 0.4) is 0 Å². The van der Waals surface area contributed by atoms with E-state index in [1.54, 1.807) is 40.1 Å². The van der Waals surface area contributed by atoms with Gasteiger partial charge in [0.1, 0.15) is 34.6 Å². The van der Waals surface area contributed by atoms with Crippen molar-refractivity contribution in [3.05, 3.63) is 364 Å². The molecule has 0 saturated heterocycles. The van der Waals surface area contributed by atoms with Crippen molar-refractivity contribution in [3.63, 3.8) is 0 Å². The maximum atomic E-state index is 13.3. The second-order valence-electron chi connectivity index (χ2n) is 35.1. The molecule has 0 bridgehead atoms. The summed E-state index contributed by atoms with van der Waals surface area (Å²) in [6.07, 6.45) is 2.30. The number of rotatable bonds is 17. The molecule has 0 radical (unpaired) electrons. The number of methoxy groups -OCH3 is 4. The molecule has 0 atom stereocenters. The molecular formula is C115H159F5O4. The smallest absolute Gasteiger partial charge is 0.195 e. The Hall–Kier alpha value is -9.73. The quantitative estimate of drug-likeness (QED) is 0.0517. The molecule has 11 aromatic rings. The third kappa shape index (κ3) is 39.2. The maximum Gasteiger partial charge on any atom is 0.195 e. The van der Waals surface area contributed by atoms with Gasteiger partial charge in [-0.2, -0.15) is 0 Å². The van der Waals surface area contributed by atoms with Gasteiger partial charge in [0.2, 0.25) is 0 Å². The molecule has 0 aliphatic carbocycles. The second kappa shape index (κ2) is 59.2. The molecule has 11 rings (SSSR count). The molecule has 0 aliphatic heterocycles. The van der Waals surface area contributed by atoms with Crippen LogP contribution in [0.15, 0.2) is 218 Å². The summed E-state index contributed by atoms with van der Waals surface area (Å²) >= 11 is 0. The van der Waals surface area contributed by atoms with Gasteiger partial charge in [-0.05, 0) is 270 Å². The van der Waals surface area contributed by atoms with Crippen LogP contribution in [0.5, 0.6) is 23.0 Å². The van der Waals surface area contributed by atoms with Crippen LogP contribution < -0.4 is 18.9 Å². The van der Waals surface area contributed by atoms with E-state index in [-0.39, 0.29) is 11.7 Å². The first-order valence-electron chi connectivity index (χ1n) is 44.8. The Morgan fingerprint density at radius 2 is 0.597 bits per heavy atom. The van der Waals surface area contributed by atoms with E-state index in [1.807, 2.05) is 81.4 Å². The van der Waals surface area contributed by atoms with Gasteiger partial charge in [-0.1, -0.05) is 353 Å². The highest BCUT2D eigenvalue weighted by molar-refractivity contribution is 5.43. The molecule has 9 heteroatoms. The highest BCUT2D eigenvalue weighted by Crippen LogP contribution is 2.33. The van der Waals surface area contributed by atoms with Gasteiger partial charge in [0.05, 0.1) is 28.4 Å². The minimum atomic E-state index is -1.60. The zero-order valence-corrected chi connectivity index (χ0v) is 83.1. The predicted molar refractivity (Wildman–Crippen MR) is 528 cm³/mol. The molecule has 0 amide bonds. The number of benzene rings is 11. The van der Waals surface area contributed by atoms with Crippen molar-refractivity contribution in [1.29, 1.82) is 0 Å². The highest BCUT2D eigenvalue weighted by atomic mass is 19.2. The van der Waals surface area contributed by atoms with Gasteiger partial charge in [0.15, 0.2) is 17.5 Å². The largest absolute Gasteiger partial charge is 0.497 e. The Kier molecular flexibility index (Phi) is 53.6. The van der Waals surface area contributed by atoms with Gasteiger partial charge in [-0.25, -0.2) is 22.0 Å². The van der Waals surface area contributed by atoms with E-state index in [2.05, 4.69) is 326 Å². The third-order valence-electron chi connectivity index (χ3n) is 21.3. The van der Waals surface area contributed by atoms with Crippen LogP contribution in [-0.4, -0.2) is 28.4 Å². The molecule has 0 unspecified atom stereocenters. The summed E-state index contributed by atoms with van der Waals surface area (Å²) in [5.74, 6) is 3.54. The first-order chi connectivity index (χ1) is 58.3. The Morgan fingerprint density at radius 1 is 0.234 bits per heavy atom. The molecule has 4 nitrogen and oxygen atoms in total. The molecule has 11 aromatic carbocycles. The van der Waals surface area contributed by atoms with Gasteiger partial charge in [0, 0.05) is 11.1 Å². The molecule has 124 heavy (non-hydrogen) atoms. The van der Waals surface area contributed by atoms with Gasteiger partial charge in [0.25, 0.3) is 0 Å². The SMILES string of the molecule is CCc1cccc(C)c1C(C)C.CCc1ccccc1C(C)C.COc1ccc(C(C)C)cc1.COc1cccc(C(C)C)c1.COc1cccc(C)c1C(C)C.COc1ccccc1C(C)C.Cc1c(F)c(F)c(F)c(C(C)C)c1F.Cc1ccc(C(C)C)cc1.Cc1cccc(C(C)C)c1.Cc1cccc(C)c1C(C)C.Cc1cccc(F)c1C(C)C. The van der Waals surface area contributed by atoms with Crippen LogP contribution >= 0.6 is 0 Å². The molecule has 0 saturated carbocycles. The van der Waals surface area contributed by atoms with Crippen molar-refractivity contribution in [1.82, 2.24) is 0 Å². The zero-order valence-electron chi connectivity index (χ0n) is 83.1. The molecule has 0 aromatic heterocycles. The van der Waals surface area contributed by atoms with Crippen molar-refractivity contribution in [2.75, 3.05) is 28.4 Å². The Morgan fingerprint density at radius 3 is 0.960 bits per heavy atom. The van der Waals surface area contributed by atoms with Crippen LogP contribution in [0.1, 0.15) is 348 Å². The second-order valence-corrected chi connectivity index (χ2v) is 35.1. The summed E-state index contributed by atoms with van der Waals surface area (Å²) in [7, 11) is 6.81. The minimum absolute atomic E-state index is 0.0833. The third-order valence-corrected chi connectivity index (χ3v) is 21.3. The average Bonchev–Trinajstić information content (AvgIpc) is 0.790. The first kappa shape index (κ1) is 112. The maximum absolute atomic E-state index is 13.3. The highest BCUT2D eigenvalue weighted by Gasteiger charge is 2.25. The number of para-hydroxylation sites is 1. The van der Waals surface area contributed by atoms with Gasteiger partial charge in [-0.3, -0.25) is 0 Å². The summed E-state index contributed by atoms with van der Waals surface area (Å²) in [4.78, 5) is 0. The Labute approximate surface area is 751 Å². The minimum Gasteiger partial charge on any atom is -0.497 e. The van der Waals surface area contributed by atoms with Crippen LogP contribution in [0, 0.1) is 84.5 Å². The monoisotopic (exact) mass is 1700 g/mol. The van der Waals surface area contributed by atoms with E-state index in [1.165, 1.54) is 109 Å². The summed E-state index contributed by atoms with van der Waals surface area (Å²) in [5.41, 5.74) is 24.9. The fraction of sp³-hybridized carbons (Fsp3) is 0.426. The van der Waals surface area contributed by atoms with E-state index in [9.17, 15) is 22.0 Å². The number of ether oxygens (including phenoxy) is 4. The summed E-state index contributed by atoms with van der Waals surface area (Å²) < 4.78 is 85.9. The standard InChI is InChI=1S/C12H18.C11H16O.2C11H16.C10H10F4.C10H13F.3C10H14O.2C10H14/c1-5-11-8-6-7-10(4)12(11)9(2)3;1-8(2)11-9(3)6-5-7-10(11)12-4;1-8(2)11-9(3)6-5-7-10(11)4;1-4-10-7-5-6-8-11(10)9(2)3;1-4(2)6-7(11)5(3)8(12)10(14)9(6)13;1-7(2)10-8(3)5-4-6-9(10)11;1-8(2)9-4-6-10(11-3)7-5-9;1-8(2)9-5-4-6-10(7-9)11-3;1-8(2)9-6-4-5-7-10(9)11-3;1-8(2)10-6-4-9(3)5-7-10;1-8(2)10-6-4-5-9(3)7-10/h6-9H,5H2,1-4H3;5-8H,1-4H3;5-8H,1-4H3;5-9H,4H2,1-3H3;4H,1-3H3;4-7H,1-3H3;3*4-8H,1-3H3;2*4-8H,1-3H3. The van der Waals surface area contributed by atoms with Crippen molar-refractivity contribution in [3.8, 4) is 23.0 Å². The molecule has 0 spiro atoms.